The average Bonchev–Trinajstić information content (AvgIpc) is 3.23. The lowest BCUT2D eigenvalue weighted by Gasteiger charge is -2.13. The van der Waals surface area contributed by atoms with Crippen molar-refractivity contribution in [2.75, 3.05) is 0 Å². The number of thiophene rings is 1. The number of nitrogens with zero attached hydrogens (tertiary/aromatic N) is 2. The Hall–Kier alpha value is -2.73. The van der Waals surface area contributed by atoms with Gasteiger partial charge in [-0.3, -0.25) is 14.2 Å². The Morgan fingerprint density at radius 3 is 2.61 bits per heavy atom. The van der Waals surface area contributed by atoms with E-state index in [1.807, 2.05) is 28.8 Å². The van der Waals surface area contributed by atoms with Crippen molar-refractivity contribution >= 4 is 23.1 Å². The number of hydrogen-bond acceptors (Lipinski definition) is 4. The minimum absolute atomic E-state index is 0.171. The van der Waals surface area contributed by atoms with Crippen molar-refractivity contribution in [1.29, 1.82) is 0 Å². The highest BCUT2D eigenvalue weighted by Crippen LogP contribution is 2.29. The number of aromatic nitrogens is 2. The smallest absolute Gasteiger partial charge is 0.304 e. The molecule has 116 valence electrons. The van der Waals surface area contributed by atoms with E-state index in [2.05, 4.69) is 4.98 Å². The lowest BCUT2D eigenvalue weighted by atomic mass is 9.91. The molecule has 0 radical (unpaired) electrons. The molecule has 0 saturated heterocycles. The van der Waals surface area contributed by atoms with Crippen LogP contribution in [0.3, 0.4) is 0 Å². The molecule has 0 spiro atoms. The van der Waals surface area contributed by atoms with Crippen molar-refractivity contribution in [1.82, 2.24) is 9.55 Å². The molecule has 1 N–H and O–H groups in total. The maximum atomic E-state index is 12.8. The van der Waals surface area contributed by atoms with Crippen molar-refractivity contribution in [3.63, 3.8) is 0 Å². The predicted molar refractivity (Wildman–Crippen MR) is 87.2 cm³/mol. The summed E-state index contributed by atoms with van der Waals surface area (Å²) in [5, 5.41) is 10.0. The van der Waals surface area contributed by atoms with E-state index < -0.39 is 11.9 Å². The van der Waals surface area contributed by atoms with Gasteiger partial charge in [0.15, 0.2) is 5.78 Å². The molecule has 2 aromatic heterocycles. The van der Waals surface area contributed by atoms with Crippen molar-refractivity contribution in [3.05, 3.63) is 71.6 Å². The van der Waals surface area contributed by atoms with E-state index in [0.29, 0.717) is 4.88 Å². The van der Waals surface area contributed by atoms with E-state index >= 15 is 0 Å². The van der Waals surface area contributed by atoms with Gasteiger partial charge in [-0.05, 0) is 17.7 Å². The zero-order chi connectivity index (χ0) is 16.2. The predicted octanol–water partition coefficient (Wildman–Crippen LogP) is 3.38. The Bertz CT molecular complexity index is 810. The highest BCUT2D eigenvalue weighted by molar-refractivity contribution is 7.16. The lowest BCUT2D eigenvalue weighted by Crippen LogP contribution is -2.16. The minimum atomic E-state index is -0.987. The third-order valence-electron chi connectivity index (χ3n) is 3.49. The first-order valence-electron chi connectivity index (χ1n) is 7.04. The molecule has 1 aromatic carbocycles. The minimum Gasteiger partial charge on any atom is -0.481 e. The largest absolute Gasteiger partial charge is 0.481 e. The van der Waals surface area contributed by atoms with Gasteiger partial charge in [0, 0.05) is 12.4 Å². The second-order valence-electron chi connectivity index (χ2n) is 5.03. The van der Waals surface area contributed by atoms with Crippen LogP contribution < -0.4 is 0 Å². The molecule has 3 aromatic rings. The van der Waals surface area contributed by atoms with Gasteiger partial charge in [-0.15, -0.1) is 11.3 Å². The molecule has 2 heterocycles. The number of rotatable bonds is 6. The summed E-state index contributed by atoms with van der Waals surface area (Å²) < 4.78 is 1.82. The molecule has 3 rings (SSSR count). The second kappa shape index (κ2) is 6.58. The maximum Gasteiger partial charge on any atom is 0.304 e. The van der Waals surface area contributed by atoms with Gasteiger partial charge in [-0.25, -0.2) is 4.98 Å². The third kappa shape index (κ3) is 3.37. The second-order valence-corrected chi connectivity index (χ2v) is 6.10. The van der Waals surface area contributed by atoms with Crippen LogP contribution in [0.15, 0.2) is 61.2 Å². The first-order chi connectivity index (χ1) is 11.1. The molecule has 0 aliphatic carbocycles. The number of carboxylic acid groups (broad SMARTS) is 1. The van der Waals surface area contributed by atoms with E-state index in [9.17, 15) is 9.59 Å². The average molecular weight is 326 g/mol. The zero-order valence-corrected chi connectivity index (χ0v) is 12.9. The van der Waals surface area contributed by atoms with Gasteiger partial charge in [-0.1, -0.05) is 30.3 Å². The Balaban J connectivity index is 1.90. The summed E-state index contributed by atoms with van der Waals surface area (Å²) in [6.07, 6.45) is 4.90. The summed E-state index contributed by atoms with van der Waals surface area (Å²) >= 11 is 1.33. The molecule has 1 atom stereocenters. The van der Waals surface area contributed by atoms with Crippen molar-refractivity contribution < 1.29 is 14.7 Å². The molecule has 0 amide bonds. The van der Waals surface area contributed by atoms with E-state index in [4.69, 9.17) is 5.11 Å². The summed E-state index contributed by atoms with van der Waals surface area (Å²) in [7, 11) is 0. The Morgan fingerprint density at radius 1 is 1.17 bits per heavy atom. The van der Waals surface area contributed by atoms with Crippen LogP contribution in [0.25, 0.3) is 5.00 Å². The number of aliphatic carboxylic acids is 1. The molecule has 0 bridgehead atoms. The monoisotopic (exact) mass is 326 g/mol. The van der Waals surface area contributed by atoms with Gasteiger partial charge in [0.25, 0.3) is 0 Å². The molecule has 6 heteroatoms. The number of Topliss-reactive ketones (excluding diaryl/α,β-unsaturated/α-hetero) is 1. The first-order valence-corrected chi connectivity index (χ1v) is 7.86. The zero-order valence-electron chi connectivity index (χ0n) is 12.1. The molecule has 23 heavy (non-hydrogen) atoms. The summed E-state index contributed by atoms with van der Waals surface area (Å²) in [4.78, 5) is 28.5. The highest BCUT2D eigenvalue weighted by Gasteiger charge is 2.26. The molecule has 0 aliphatic heterocycles. The number of imidazole rings is 1. The maximum absolute atomic E-state index is 12.8. The third-order valence-corrected chi connectivity index (χ3v) is 4.60. The van der Waals surface area contributed by atoms with Crippen molar-refractivity contribution in [3.8, 4) is 5.00 Å². The number of carbonyl (C=O) groups is 2. The lowest BCUT2D eigenvalue weighted by molar-refractivity contribution is -0.137. The van der Waals surface area contributed by atoms with Crippen molar-refractivity contribution in [2.24, 2.45) is 0 Å². The molecular weight excluding hydrogens is 312 g/mol. The molecule has 0 fully saturated rings. The van der Waals surface area contributed by atoms with Crippen LogP contribution in [0.5, 0.6) is 0 Å². The Morgan fingerprint density at radius 2 is 1.96 bits per heavy atom. The SMILES string of the molecule is O=C(O)CC(C(=O)c1ccc(-n2ccnc2)s1)c1ccccc1. The quantitative estimate of drug-likeness (QED) is 0.705. The molecule has 0 aliphatic rings. The van der Waals surface area contributed by atoms with Crippen LogP contribution in [-0.4, -0.2) is 26.4 Å². The normalized spacial score (nSPS) is 12.0. The van der Waals surface area contributed by atoms with Gasteiger partial charge in [0.2, 0.25) is 0 Å². The summed E-state index contributed by atoms with van der Waals surface area (Å²) in [5.74, 6) is -1.84. The van der Waals surface area contributed by atoms with E-state index in [-0.39, 0.29) is 12.2 Å². The van der Waals surface area contributed by atoms with Crippen molar-refractivity contribution in [2.45, 2.75) is 12.3 Å². The van der Waals surface area contributed by atoms with Crippen LogP contribution in [0.4, 0.5) is 0 Å². The molecule has 5 nitrogen and oxygen atoms in total. The van der Waals surface area contributed by atoms with E-state index in [1.54, 1.807) is 36.9 Å². The summed E-state index contributed by atoms with van der Waals surface area (Å²) in [5.41, 5.74) is 0.720. The number of carbonyl (C=O) groups excluding carboxylic acids is 1. The summed E-state index contributed by atoms with van der Waals surface area (Å²) in [6, 6.07) is 12.6. The molecule has 1 unspecified atom stereocenters. The van der Waals surface area contributed by atoms with Crippen LogP contribution in [0.1, 0.15) is 27.6 Å². The van der Waals surface area contributed by atoms with Gasteiger partial charge in [0.1, 0.15) is 5.00 Å². The Kier molecular flexibility index (Phi) is 4.34. The fraction of sp³-hybridized carbons (Fsp3) is 0.118. The van der Waals surface area contributed by atoms with Crippen LogP contribution in [0, 0.1) is 0 Å². The highest BCUT2D eigenvalue weighted by atomic mass is 32.1. The number of carboxylic acids is 1. The standard InChI is InChI=1S/C17H14N2O3S/c20-16(21)10-13(12-4-2-1-3-5-12)17(22)14-6-7-15(23-14)19-9-8-18-11-19/h1-9,11,13H,10H2,(H,20,21). The first kappa shape index (κ1) is 15.2. The fourth-order valence-electron chi connectivity index (χ4n) is 2.38. The molecular formula is C17H14N2O3S. The van der Waals surface area contributed by atoms with E-state index in [1.165, 1.54) is 11.3 Å². The van der Waals surface area contributed by atoms with Gasteiger partial charge >= 0.3 is 5.97 Å². The molecule has 0 saturated carbocycles. The van der Waals surface area contributed by atoms with Gasteiger partial charge < -0.3 is 5.11 Å². The number of hydrogen-bond donors (Lipinski definition) is 1. The van der Waals surface area contributed by atoms with E-state index in [0.717, 1.165) is 10.6 Å². The number of benzene rings is 1. The van der Waals surface area contributed by atoms with Gasteiger partial charge in [0.05, 0.1) is 23.5 Å². The Labute approximate surface area is 136 Å². The number of ketones is 1. The summed E-state index contributed by atoms with van der Waals surface area (Å²) in [6.45, 7) is 0. The topological polar surface area (TPSA) is 72.2 Å². The van der Waals surface area contributed by atoms with Crippen LogP contribution in [-0.2, 0) is 4.79 Å². The van der Waals surface area contributed by atoms with Crippen LogP contribution >= 0.6 is 11.3 Å². The fourth-order valence-corrected chi connectivity index (χ4v) is 3.34. The van der Waals surface area contributed by atoms with Crippen LogP contribution in [0.2, 0.25) is 0 Å². The van der Waals surface area contributed by atoms with Gasteiger partial charge in [-0.2, -0.15) is 0 Å².